The first-order valence-electron chi connectivity index (χ1n) is 17.6. The van der Waals surface area contributed by atoms with E-state index in [4.69, 9.17) is 11.1 Å². The Balaban J connectivity index is 0.000000427. The van der Waals surface area contributed by atoms with Gasteiger partial charge in [-0.25, -0.2) is 0 Å². The maximum Gasteiger partial charge on any atom is 0.0228 e. The zero-order valence-corrected chi connectivity index (χ0v) is 29.7. The molecule has 5 N–H and O–H groups in total. The summed E-state index contributed by atoms with van der Waals surface area (Å²) in [5.41, 5.74) is 10.8. The second-order valence-electron chi connectivity index (χ2n) is 14.5. The third-order valence-corrected chi connectivity index (χ3v) is 11.6. The van der Waals surface area contributed by atoms with Crippen molar-refractivity contribution >= 4 is 5.71 Å². The maximum atomic E-state index is 8.31. The van der Waals surface area contributed by atoms with Gasteiger partial charge in [0.05, 0.1) is 0 Å². The van der Waals surface area contributed by atoms with Gasteiger partial charge < -0.3 is 21.8 Å². The molecule has 0 radical (unpaired) electrons. The molecule has 4 heteroatoms. The van der Waals surface area contributed by atoms with Gasteiger partial charge in [-0.2, -0.15) is 0 Å². The van der Waals surface area contributed by atoms with Crippen molar-refractivity contribution in [3.8, 4) is 0 Å². The van der Waals surface area contributed by atoms with E-state index in [1.165, 1.54) is 64.3 Å². The van der Waals surface area contributed by atoms with Gasteiger partial charge in [0, 0.05) is 29.8 Å². The summed E-state index contributed by atoms with van der Waals surface area (Å²) in [6.45, 7) is 31.9. The van der Waals surface area contributed by atoms with Crippen molar-refractivity contribution in [2.24, 2.45) is 39.7 Å². The van der Waals surface area contributed by atoms with Gasteiger partial charge in [-0.05, 0) is 112 Å². The number of allylic oxidation sites excluding steroid dienone is 3. The largest absolute Gasteiger partial charge is 0.392 e. The summed E-state index contributed by atoms with van der Waals surface area (Å²) in [5.74, 6) is 1.59. The molecule has 1 aliphatic heterocycles. The van der Waals surface area contributed by atoms with Crippen LogP contribution in [0.25, 0.3) is 0 Å². The van der Waals surface area contributed by atoms with Gasteiger partial charge in [0.2, 0.25) is 0 Å². The van der Waals surface area contributed by atoms with Crippen LogP contribution in [0.5, 0.6) is 0 Å². The first kappa shape index (κ1) is 38.6. The van der Waals surface area contributed by atoms with Gasteiger partial charge in [0.15, 0.2) is 0 Å². The Hall–Kier alpha value is -1.39. The second kappa shape index (κ2) is 17.2. The SMILES string of the molecule is C=C/C=C1/CCC2(N)C(CCC3(C)C(C(C)=N)CCC32)C1(C)CCC.C=CNCC.CC.CCCC1NCCC1(C)C. The molecule has 1 saturated heterocycles. The van der Waals surface area contributed by atoms with E-state index in [1.54, 1.807) is 11.8 Å². The number of nitrogens with one attached hydrogen (secondary N) is 3. The van der Waals surface area contributed by atoms with E-state index >= 15 is 0 Å². The highest BCUT2D eigenvalue weighted by atomic mass is 15.0. The van der Waals surface area contributed by atoms with Crippen LogP contribution in [0.3, 0.4) is 0 Å². The minimum absolute atomic E-state index is 0.0559. The van der Waals surface area contributed by atoms with Crippen molar-refractivity contribution in [2.75, 3.05) is 13.1 Å². The van der Waals surface area contributed by atoms with Crippen molar-refractivity contribution < 1.29 is 0 Å². The summed E-state index contributed by atoms with van der Waals surface area (Å²) in [4.78, 5) is 0. The lowest BCUT2D eigenvalue weighted by molar-refractivity contribution is -0.0616. The van der Waals surface area contributed by atoms with E-state index < -0.39 is 0 Å². The summed E-state index contributed by atoms with van der Waals surface area (Å²) >= 11 is 0. The molecule has 0 amide bonds. The lowest BCUT2D eigenvalue weighted by Crippen LogP contribution is -2.66. The highest BCUT2D eigenvalue weighted by molar-refractivity contribution is 5.82. The lowest BCUT2D eigenvalue weighted by atomic mass is 9.44. The summed E-state index contributed by atoms with van der Waals surface area (Å²) in [6, 6.07) is 0.775. The Morgan fingerprint density at radius 1 is 1.00 bits per heavy atom. The van der Waals surface area contributed by atoms with Crippen molar-refractivity contribution in [3.05, 3.63) is 37.1 Å². The molecule has 7 atom stereocenters. The minimum Gasteiger partial charge on any atom is -0.392 e. The highest BCUT2D eigenvalue weighted by Gasteiger charge is 2.64. The fourth-order valence-electron chi connectivity index (χ4n) is 9.48. The number of nitrogens with two attached hydrogens (primary N) is 1. The molecule has 1 heterocycles. The van der Waals surface area contributed by atoms with Crippen LogP contribution < -0.4 is 16.4 Å². The Bertz CT molecular complexity index is 874. The molecular weight excluding hydrogens is 512 g/mol. The molecule has 4 fully saturated rings. The first-order valence-corrected chi connectivity index (χ1v) is 17.6. The molecule has 0 spiro atoms. The Kier molecular flexibility index (Phi) is 15.8. The summed E-state index contributed by atoms with van der Waals surface area (Å²) < 4.78 is 0. The number of hydrogen-bond donors (Lipinski definition) is 4. The Labute approximate surface area is 262 Å². The molecule has 7 unspecified atom stereocenters. The molecular formula is C38H72N4. The average molecular weight is 585 g/mol. The number of fused-ring (bicyclic) bond motifs is 3. The summed E-state index contributed by atoms with van der Waals surface area (Å²) in [7, 11) is 0. The van der Waals surface area contributed by atoms with Crippen LogP contribution in [-0.4, -0.2) is 30.4 Å². The molecule has 4 nitrogen and oxygen atoms in total. The predicted molar refractivity (Wildman–Crippen MR) is 188 cm³/mol. The maximum absolute atomic E-state index is 8.31. The zero-order valence-electron chi connectivity index (χ0n) is 29.7. The summed E-state index contributed by atoms with van der Waals surface area (Å²) in [5, 5.41) is 14.7. The minimum atomic E-state index is -0.0559. The third-order valence-electron chi connectivity index (χ3n) is 11.6. The third kappa shape index (κ3) is 8.40. The predicted octanol–water partition coefficient (Wildman–Crippen LogP) is 9.82. The van der Waals surface area contributed by atoms with Crippen molar-refractivity contribution in [2.45, 2.75) is 151 Å². The quantitative estimate of drug-likeness (QED) is 0.215. The van der Waals surface area contributed by atoms with Crippen LogP contribution in [0.1, 0.15) is 140 Å². The van der Waals surface area contributed by atoms with Gasteiger partial charge in [0.1, 0.15) is 0 Å². The van der Waals surface area contributed by atoms with E-state index in [2.05, 4.69) is 71.4 Å². The van der Waals surface area contributed by atoms with Crippen LogP contribution in [0.2, 0.25) is 0 Å². The molecule has 0 aromatic rings. The van der Waals surface area contributed by atoms with Crippen LogP contribution in [0.15, 0.2) is 37.1 Å². The molecule has 4 aliphatic rings. The van der Waals surface area contributed by atoms with Crippen molar-refractivity contribution in [3.63, 3.8) is 0 Å². The van der Waals surface area contributed by atoms with E-state index in [0.717, 1.165) is 31.1 Å². The Morgan fingerprint density at radius 2 is 1.67 bits per heavy atom. The smallest absolute Gasteiger partial charge is 0.0228 e. The number of hydrogen-bond acceptors (Lipinski definition) is 4. The normalized spacial score (nSPS) is 36.9. The lowest BCUT2D eigenvalue weighted by Gasteiger charge is -2.63. The standard InChI is InChI=1S/C23H38N2.C9H19N.C4H9N.C2H6/c1-6-8-17-11-15-23(25)19-10-9-18(16(3)24)22(19,5)14-12-20(23)21(17,4)13-7-2;1-4-5-8-9(2,3)6-7-10-8;1-3-5-4-2;1-2/h6,8,18-20,24H,1,7,9-15,25H2,2-5H3;8,10H,4-7H2,1-3H3;3,5H,1,4H2,2H3;1-2H3/b17-8-,24-16?;;;. The monoisotopic (exact) mass is 585 g/mol. The van der Waals surface area contributed by atoms with E-state index in [0.29, 0.717) is 23.2 Å². The average Bonchev–Trinajstić information content (AvgIpc) is 3.48. The first-order chi connectivity index (χ1) is 19.8. The van der Waals surface area contributed by atoms with Gasteiger partial charge >= 0.3 is 0 Å². The van der Waals surface area contributed by atoms with Crippen molar-refractivity contribution in [1.29, 1.82) is 5.41 Å². The summed E-state index contributed by atoms with van der Waals surface area (Å²) in [6.07, 6.45) is 19.4. The number of rotatable bonds is 8. The molecule has 0 aromatic heterocycles. The second-order valence-corrected chi connectivity index (χ2v) is 14.5. The van der Waals surface area contributed by atoms with E-state index in [9.17, 15) is 0 Å². The van der Waals surface area contributed by atoms with Crippen LogP contribution in [0, 0.1) is 39.4 Å². The fourth-order valence-corrected chi connectivity index (χ4v) is 9.48. The zero-order chi connectivity index (χ0) is 32.2. The van der Waals surface area contributed by atoms with E-state index in [1.807, 2.05) is 33.8 Å². The molecule has 4 rings (SSSR count). The van der Waals surface area contributed by atoms with Crippen LogP contribution in [-0.2, 0) is 0 Å². The highest BCUT2D eigenvalue weighted by Crippen LogP contribution is 2.67. The molecule has 0 bridgehead atoms. The van der Waals surface area contributed by atoms with Gasteiger partial charge in [-0.15, -0.1) is 0 Å². The molecule has 3 saturated carbocycles. The van der Waals surface area contributed by atoms with E-state index in [-0.39, 0.29) is 16.4 Å². The molecule has 0 aromatic carbocycles. The molecule has 42 heavy (non-hydrogen) atoms. The van der Waals surface area contributed by atoms with Crippen LogP contribution in [0.4, 0.5) is 0 Å². The van der Waals surface area contributed by atoms with Gasteiger partial charge in [-0.1, -0.05) is 99.1 Å². The topological polar surface area (TPSA) is 73.9 Å². The molecule has 3 aliphatic carbocycles. The fraction of sp³-hybridized carbons (Fsp3) is 0.816. The molecule has 244 valence electrons. The Morgan fingerprint density at radius 3 is 2.12 bits per heavy atom. The van der Waals surface area contributed by atoms with Gasteiger partial charge in [0.25, 0.3) is 0 Å². The van der Waals surface area contributed by atoms with Crippen molar-refractivity contribution in [1.82, 2.24) is 10.6 Å². The van der Waals surface area contributed by atoms with Gasteiger partial charge in [-0.3, -0.25) is 0 Å². The van der Waals surface area contributed by atoms with Crippen LogP contribution >= 0.6 is 0 Å².